The molecule has 0 aliphatic rings. The van der Waals surface area contributed by atoms with E-state index in [-0.39, 0.29) is 22.7 Å². The van der Waals surface area contributed by atoms with Crippen molar-refractivity contribution in [2.75, 3.05) is 19.0 Å². The highest BCUT2D eigenvalue weighted by Crippen LogP contribution is 2.30. The molecule has 2 heterocycles. The molecular weight excluding hydrogens is 378 g/mol. The highest BCUT2D eigenvalue weighted by atomic mass is 19.3. The monoisotopic (exact) mass is 397 g/mol. The number of alkyl halides is 3. The maximum absolute atomic E-state index is 14.1. The molecule has 1 atom stereocenters. The Morgan fingerprint density at radius 3 is 2.54 bits per heavy atom. The van der Waals surface area contributed by atoms with Crippen molar-refractivity contribution < 1.29 is 17.6 Å². The smallest absolute Gasteiger partial charge is 0.266 e. The van der Waals surface area contributed by atoms with E-state index in [0.29, 0.717) is 12.0 Å². The molecule has 6 nitrogen and oxygen atoms in total. The Morgan fingerprint density at radius 2 is 2.00 bits per heavy atom. The largest absolute Gasteiger partial charge is 0.348 e. The molecule has 3 aromatic rings. The first-order valence-corrected chi connectivity index (χ1v) is 8.60. The maximum atomic E-state index is 14.1. The van der Waals surface area contributed by atoms with Crippen LogP contribution < -0.4 is 10.5 Å². The fourth-order valence-electron chi connectivity index (χ4n) is 3.10. The van der Waals surface area contributed by atoms with Gasteiger partial charge >= 0.3 is 0 Å². The lowest BCUT2D eigenvalue weighted by atomic mass is 10.0. The van der Waals surface area contributed by atoms with Crippen LogP contribution >= 0.6 is 0 Å². The van der Waals surface area contributed by atoms with Crippen molar-refractivity contribution >= 4 is 17.0 Å². The number of anilines is 1. The van der Waals surface area contributed by atoms with Crippen LogP contribution in [0, 0.1) is 5.82 Å². The Hall–Kier alpha value is -2.91. The molecule has 0 bridgehead atoms. The summed E-state index contributed by atoms with van der Waals surface area (Å²) in [6, 6.07) is 2.79. The minimum absolute atomic E-state index is 0.0104. The van der Waals surface area contributed by atoms with Gasteiger partial charge in [0.1, 0.15) is 23.6 Å². The van der Waals surface area contributed by atoms with Crippen LogP contribution in [0.15, 0.2) is 23.0 Å². The first kappa shape index (κ1) is 19.8. The summed E-state index contributed by atoms with van der Waals surface area (Å²) in [4.78, 5) is 20.9. The Balaban J connectivity index is 2.23. The predicted molar refractivity (Wildman–Crippen MR) is 97.1 cm³/mol. The number of nitrogens with zero attached hydrogens (tertiary/aromatic N) is 4. The Labute approximate surface area is 157 Å². The van der Waals surface area contributed by atoms with Gasteiger partial charge < -0.3 is 4.90 Å². The number of hydrogen-bond acceptors (Lipinski definition) is 4. The van der Waals surface area contributed by atoms with E-state index < -0.39 is 36.1 Å². The number of hydrogen-bond donors (Lipinski definition) is 1. The zero-order chi connectivity index (χ0) is 20.6. The molecule has 0 radical (unpaired) electrons. The lowest BCUT2D eigenvalue weighted by Crippen LogP contribution is -2.20. The van der Waals surface area contributed by atoms with Crippen LogP contribution in [0.4, 0.5) is 23.5 Å². The summed E-state index contributed by atoms with van der Waals surface area (Å²) in [6.07, 6.45) is -2.54. The van der Waals surface area contributed by atoms with E-state index in [2.05, 4.69) is 15.1 Å². The van der Waals surface area contributed by atoms with Crippen LogP contribution in [0.3, 0.4) is 0 Å². The van der Waals surface area contributed by atoms with Crippen LogP contribution in [-0.4, -0.2) is 33.8 Å². The van der Waals surface area contributed by atoms with Gasteiger partial charge in [-0.2, -0.15) is 10.1 Å². The van der Waals surface area contributed by atoms with Crippen molar-refractivity contribution in [2.45, 2.75) is 32.5 Å². The first-order valence-electron chi connectivity index (χ1n) is 8.60. The normalized spacial score (nSPS) is 12.7. The third kappa shape index (κ3) is 3.34. The van der Waals surface area contributed by atoms with Gasteiger partial charge in [0.25, 0.3) is 12.0 Å². The van der Waals surface area contributed by atoms with Crippen molar-refractivity contribution in [1.29, 1.82) is 0 Å². The number of aromatic nitrogens is 4. The van der Waals surface area contributed by atoms with Crippen LogP contribution in [-0.2, 0) is 6.67 Å². The van der Waals surface area contributed by atoms with E-state index in [1.165, 1.54) is 10.7 Å². The minimum atomic E-state index is -2.93. The van der Waals surface area contributed by atoms with Crippen LogP contribution in [0.5, 0.6) is 0 Å². The van der Waals surface area contributed by atoms with Gasteiger partial charge in [0, 0.05) is 14.1 Å². The number of benzene rings is 1. The molecule has 1 aromatic carbocycles. The van der Waals surface area contributed by atoms with E-state index in [9.17, 15) is 22.4 Å². The van der Waals surface area contributed by atoms with Crippen molar-refractivity contribution in [3.05, 3.63) is 51.2 Å². The quantitative estimate of drug-likeness (QED) is 0.644. The fourth-order valence-corrected chi connectivity index (χ4v) is 3.10. The molecule has 150 valence electrons. The summed E-state index contributed by atoms with van der Waals surface area (Å²) in [5, 5.41) is 4.18. The zero-order valence-corrected chi connectivity index (χ0v) is 15.5. The van der Waals surface area contributed by atoms with Gasteiger partial charge in [0.15, 0.2) is 5.65 Å². The third-order valence-electron chi connectivity index (χ3n) is 4.50. The molecule has 10 heteroatoms. The highest BCUT2D eigenvalue weighted by molar-refractivity contribution is 5.78. The Bertz CT molecular complexity index is 1060. The van der Waals surface area contributed by atoms with Crippen LogP contribution in [0.25, 0.3) is 11.0 Å². The van der Waals surface area contributed by atoms with Gasteiger partial charge in [-0.25, -0.2) is 22.2 Å². The maximum Gasteiger partial charge on any atom is 0.266 e. The van der Waals surface area contributed by atoms with Gasteiger partial charge in [0.2, 0.25) is 5.95 Å². The zero-order valence-electron chi connectivity index (χ0n) is 15.5. The van der Waals surface area contributed by atoms with E-state index in [1.54, 1.807) is 25.9 Å². The van der Waals surface area contributed by atoms with Crippen molar-refractivity contribution in [2.24, 2.45) is 0 Å². The number of aromatic amines is 1. The first-order chi connectivity index (χ1) is 13.3. The lowest BCUT2D eigenvalue weighted by Gasteiger charge is -2.18. The minimum Gasteiger partial charge on any atom is -0.348 e. The van der Waals surface area contributed by atoms with Gasteiger partial charge in [-0.05, 0) is 18.1 Å². The number of halogens is 4. The summed E-state index contributed by atoms with van der Waals surface area (Å²) >= 11 is 0. The molecule has 0 aliphatic heterocycles. The topological polar surface area (TPSA) is 66.8 Å². The van der Waals surface area contributed by atoms with Gasteiger partial charge in [-0.15, -0.1) is 0 Å². The van der Waals surface area contributed by atoms with Crippen molar-refractivity contribution in [3.63, 3.8) is 0 Å². The molecule has 0 spiro atoms. The molecule has 1 unspecified atom stereocenters. The molecule has 0 saturated carbocycles. The average molecular weight is 397 g/mol. The van der Waals surface area contributed by atoms with E-state index in [0.717, 1.165) is 12.1 Å². The van der Waals surface area contributed by atoms with Crippen LogP contribution in [0.1, 0.15) is 42.6 Å². The van der Waals surface area contributed by atoms with Crippen molar-refractivity contribution in [1.82, 2.24) is 19.7 Å². The molecule has 3 rings (SSSR count). The summed E-state index contributed by atoms with van der Waals surface area (Å²) in [5.74, 6) is -0.786. The van der Waals surface area contributed by atoms with Gasteiger partial charge in [-0.1, -0.05) is 19.1 Å². The fraction of sp³-hybridized carbons (Fsp3) is 0.389. The third-order valence-corrected chi connectivity index (χ3v) is 4.50. The summed E-state index contributed by atoms with van der Waals surface area (Å²) in [5.41, 5.74) is -0.810. The molecule has 2 aromatic heterocycles. The molecule has 0 saturated heterocycles. The average Bonchev–Trinajstić information content (AvgIpc) is 3.01. The van der Waals surface area contributed by atoms with Gasteiger partial charge in [0.05, 0.1) is 11.6 Å². The summed E-state index contributed by atoms with van der Waals surface area (Å²) in [7, 11) is 3.35. The highest BCUT2D eigenvalue weighted by Gasteiger charge is 2.24. The van der Waals surface area contributed by atoms with Crippen molar-refractivity contribution in [3.8, 4) is 0 Å². The van der Waals surface area contributed by atoms with Gasteiger partial charge in [-0.3, -0.25) is 9.78 Å². The summed E-state index contributed by atoms with van der Waals surface area (Å²) < 4.78 is 54.6. The van der Waals surface area contributed by atoms with E-state index in [4.69, 9.17) is 0 Å². The number of fused-ring (bicyclic) bond motifs is 1. The number of H-pyrrole nitrogens is 1. The van der Waals surface area contributed by atoms with E-state index in [1.807, 2.05) is 0 Å². The Morgan fingerprint density at radius 1 is 1.29 bits per heavy atom. The van der Waals surface area contributed by atoms with Crippen LogP contribution in [0.2, 0.25) is 0 Å². The number of rotatable bonds is 6. The number of nitrogens with one attached hydrogen (secondary N) is 1. The molecule has 1 N–H and O–H groups in total. The Kier molecular flexibility index (Phi) is 5.39. The summed E-state index contributed by atoms with van der Waals surface area (Å²) in [6.45, 7) is 0.803. The molecule has 0 fully saturated rings. The predicted octanol–water partition coefficient (Wildman–Crippen LogP) is 3.73. The second kappa shape index (κ2) is 7.61. The van der Waals surface area contributed by atoms with E-state index >= 15 is 0 Å². The molecule has 0 amide bonds. The second-order valence-corrected chi connectivity index (χ2v) is 6.51. The molecular formula is C18H19F4N5O. The second-order valence-electron chi connectivity index (χ2n) is 6.51. The SMILES string of the molecule is CCC(c1ccc(C(F)F)c(F)c1)n1nc(CF)c2c(=O)[nH]c(N(C)C)nc21. The molecule has 0 aliphatic carbocycles. The molecule has 28 heavy (non-hydrogen) atoms. The standard InChI is InChI=1S/C18H19F4N5O/c1-4-13(9-5-6-10(15(21)22)11(20)7-9)27-16-14(12(8-19)25-27)17(28)24-18(23-16)26(2)3/h5-7,13,15H,4,8H2,1-3H3,(H,23,24,28). The lowest BCUT2D eigenvalue weighted by molar-refractivity contribution is 0.146.